The Bertz CT molecular complexity index is 231. The van der Waals surface area contributed by atoms with Crippen molar-refractivity contribution in [1.82, 2.24) is 0 Å². The topological polar surface area (TPSA) is 0 Å². The Morgan fingerprint density at radius 2 is 2.27 bits per heavy atom. The van der Waals surface area contributed by atoms with E-state index in [4.69, 9.17) is 0 Å². The second kappa shape index (κ2) is 4.24. The average Bonchev–Trinajstić information content (AvgIpc) is 2.02. The first-order chi connectivity index (χ1) is 5.29. The van der Waals surface area contributed by atoms with E-state index in [0.717, 1.165) is 11.3 Å². The third-order valence-electron chi connectivity index (χ3n) is 1.35. The minimum Gasteiger partial charge on any atom is -0.127 e. The van der Waals surface area contributed by atoms with Crippen molar-refractivity contribution in [2.45, 2.75) is 6.92 Å². The molecule has 1 heterocycles. The van der Waals surface area contributed by atoms with Gasteiger partial charge in [0, 0.05) is 5.75 Å². The molecule has 58 valence electrons. The molecule has 0 amide bonds. The Labute approximate surface area is 72.4 Å². The van der Waals surface area contributed by atoms with Crippen LogP contribution in [-0.4, -0.2) is 5.75 Å². The maximum atomic E-state index is 3.90. The highest BCUT2D eigenvalue weighted by molar-refractivity contribution is 8.03. The molecule has 0 saturated carbocycles. The fraction of sp³-hybridized carbons (Fsp3) is 0.200. The Balaban J connectivity index is 2.76. The first kappa shape index (κ1) is 8.41. The van der Waals surface area contributed by atoms with Crippen LogP contribution in [0.3, 0.4) is 0 Å². The fourth-order valence-electron chi connectivity index (χ4n) is 0.844. The number of rotatable bonds is 0. The van der Waals surface area contributed by atoms with Crippen LogP contribution in [0.2, 0.25) is 0 Å². The number of thioether (sulfide) groups is 1. The van der Waals surface area contributed by atoms with E-state index in [9.17, 15) is 0 Å². The van der Waals surface area contributed by atoms with Gasteiger partial charge in [0.2, 0.25) is 0 Å². The van der Waals surface area contributed by atoms with Crippen molar-refractivity contribution in [3.63, 3.8) is 0 Å². The monoisotopic (exact) mass is 164 g/mol. The van der Waals surface area contributed by atoms with Gasteiger partial charge in [-0.05, 0) is 23.5 Å². The van der Waals surface area contributed by atoms with Crippen LogP contribution in [0.15, 0.2) is 47.4 Å². The zero-order valence-electron chi connectivity index (χ0n) is 6.71. The van der Waals surface area contributed by atoms with E-state index < -0.39 is 0 Å². The predicted molar refractivity (Wildman–Crippen MR) is 53.6 cm³/mol. The molecule has 0 nitrogen and oxygen atoms in total. The van der Waals surface area contributed by atoms with Gasteiger partial charge in [-0.25, -0.2) is 0 Å². The molecule has 11 heavy (non-hydrogen) atoms. The summed E-state index contributed by atoms with van der Waals surface area (Å²) in [6.07, 6.45) is 10.4. The predicted octanol–water partition coefficient (Wildman–Crippen LogP) is 3.31. The summed E-state index contributed by atoms with van der Waals surface area (Å²) >= 11 is 1.84. The lowest BCUT2D eigenvalue weighted by molar-refractivity contribution is 1.62. The molecule has 0 fully saturated rings. The Morgan fingerprint density at radius 1 is 1.45 bits per heavy atom. The van der Waals surface area contributed by atoms with Gasteiger partial charge in [0.25, 0.3) is 0 Å². The van der Waals surface area contributed by atoms with Crippen molar-refractivity contribution in [3.8, 4) is 0 Å². The average molecular weight is 164 g/mol. The molecular weight excluding hydrogens is 152 g/mol. The molecule has 1 aliphatic rings. The number of allylic oxidation sites excluding steroid dienone is 6. The normalized spacial score (nSPS) is 24.5. The maximum absolute atomic E-state index is 3.90. The summed E-state index contributed by atoms with van der Waals surface area (Å²) in [5, 5.41) is 0. The molecule has 0 aromatic carbocycles. The smallest absolute Gasteiger partial charge is 0.0160 e. The molecule has 0 N–H and O–H groups in total. The summed E-state index contributed by atoms with van der Waals surface area (Å²) in [5.41, 5.74) is 1.07. The van der Waals surface area contributed by atoms with Gasteiger partial charge in [0.05, 0.1) is 0 Å². The highest BCUT2D eigenvalue weighted by Gasteiger charge is 1.90. The summed E-state index contributed by atoms with van der Waals surface area (Å²) in [6.45, 7) is 6.01. The van der Waals surface area contributed by atoms with E-state index >= 15 is 0 Å². The molecule has 1 heteroatoms. The van der Waals surface area contributed by atoms with E-state index in [-0.39, 0.29) is 0 Å². The van der Waals surface area contributed by atoms with Gasteiger partial charge < -0.3 is 0 Å². The number of hydrogen-bond donors (Lipinski definition) is 0. The molecule has 0 aromatic rings. The summed E-state index contributed by atoms with van der Waals surface area (Å²) in [5.74, 6) is 1.06. The van der Waals surface area contributed by atoms with Gasteiger partial charge >= 0.3 is 0 Å². The molecule has 0 spiro atoms. The van der Waals surface area contributed by atoms with Gasteiger partial charge in [-0.2, -0.15) is 0 Å². The van der Waals surface area contributed by atoms with E-state index in [0.29, 0.717) is 0 Å². The lowest BCUT2D eigenvalue weighted by Gasteiger charge is -1.95. The SMILES string of the molecule is C=C1C=C(C)SC/C=C\C=C/1. The van der Waals surface area contributed by atoms with Crippen LogP contribution in [0.5, 0.6) is 0 Å². The summed E-state index contributed by atoms with van der Waals surface area (Å²) in [7, 11) is 0. The van der Waals surface area contributed by atoms with E-state index in [2.05, 4.69) is 31.7 Å². The van der Waals surface area contributed by atoms with E-state index in [1.165, 1.54) is 4.91 Å². The van der Waals surface area contributed by atoms with Crippen LogP contribution >= 0.6 is 11.8 Å². The lowest BCUT2D eigenvalue weighted by Crippen LogP contribution is -1.72. The van der Waals surface area contributed by atoms with Gasteiger partial charge in [-0.3, -0.25) is 0 Å². The van der Waals surface area contributed by atoms with Crippen LogP contribution in [0, 0.1) is 0 Å². The first-order valence-corrected chi connectivity index (χ1v) is 4.61. The standard InChI is InChI=1S/C10H12S/c1-9-6-4-3-5-7-11-10(2)8-9/h3-6,8H,1,7H2,2H3/b5-3-,6-4-,10-8?. The second-order valence-corrected chi connectivity index (χ2v) is 3.69. The van der Waals surface area contributed by atoms with Crippen LogP contribution < -0.4 is 0 Å². The molecule has 0 bridgehead atoms. The van der Waals surface area contributed by atoms with Gasteiger partial charge in [0.1, 0.15) is 0 Å². The molecule has 0 aromatic heterocycles. The molecule has 0 radical (unpaired) electrons. The van der Waals surface area contributed by atoms with Crippen molar-refractivity contribution in [3.05, 3.63) is 47.4 Å². The van der Waals surface area contributed by atoms with Gasteiger partial charge in [0.15, 0.2) is 0 Å². The molecule has 1 aliphatic heterocycles. The Hall–Kier alpha value is -0.690. The molecule has 0 aliphatic carbocycles. The van der Waals surface area contributed by atoms with Crippen LogP contribution in [0.4, 0.5) is 0 Å². The maximum Gasteiger partial charge on any atom is 0.0160 e. The third kappa shape index (κ3) is 3.28. The van der Waals surface area contributed by atoms with Crippen molar-refractivity contribution in [2.75, 3.05) is 5.75 Å². The van der Waals surface area contributed by atoms with Gasteiger partial charge in [-0.15, -0.1) is 11.8 Å². The Morgan fingerprint density at radius 3 is 3.09 bits per heavy atom. The molecule has 0 saturated heterocycles. The van der Waals surface area contributed by atoms with E-state index in [1.807, 2.05) is 23.9 Å². The quantitative estimate of drug-likeness (QED) is 0.529. The van der Waals surface area contributed by atoms with Crippen molar-refractivity contribution < 1.29 is 0 Å². The molecule has 0 atom stereocenters. The molecule has 0 unspecified atom stereocenters. The minimum atomic E-state index is 1.06. The zero-order valence-corrected chi connectivity index (χ0v) is 7.53. The fourth-order valence-corrected chi connectivity index (χ4v) is 1.55. The zero-order chi connectivity index (χ0) is 8.10. The first-order valence-electron chi connectivity index (χ1n) is 3.62. The van der Waals surface area contributed by atoms with Crippen LogP contribution in [-0.2, 0) is 0 Å². The van der Waals surface area contributed by atoms with E-state index in [1.54, 1.807) is 0 Å². The van der Waals surface area contributed by atoms with Crippen LogP contribution in [0.25, 0.3) is 0 Å². The largest absolute Gasteiger partial charge is 0.127 e. The minimum absolute atomic E-state index is 1.06. The summed E-state index contributed by atoms with van der Waals surface area (Å²) < 4.78 is 0. The third-order valence-corrected chi connectivity index (χ3v) is 2.29. The van der Waals surface area contributed by atoms with Gasteiger partial charge in [-0.1, -0.05) is 30.9 Å². The number of hydrogen-bond acceptors (Lipinski definition) is 1. The van der Waals surface area contributed by atoms with Crippen molar-refractivity contribution in [1.29, 1.82) is 0 Å². The second-order valence-electron chi connectivity index (χ2n) is 2.43. The lowest BCUT2D eigenvalue weighted by atomic mass is 10.2. The highest BCUT2D eigenvalue weighted by atomic mass is 32.2. The summed E-state index contributed by atoms with van der Waals surface area (Å²) in [4.78, 5) is 1.33. The molecular formula is C10H12S. The molecule has 1 rings (SSSR count). The van der Waals surface area contributed by atoms with Crippen molar-refractivity contribution >= 4 is 11.8 Å². The Kier molecular flexibility index (Phi) is 3.24. The van der Waals surface area contributed by atoms with Crippen molar-refractivity contribution in [2.24, 2.45) is 0 Å². The summed E-state index contributed by atoms with van der Waals surface area (Å²) in [6, 6.07) is 0. The van der Waals surface area contributed by atoms with Crippen LogP contribution in [0.1, 0.15) is 6.92 Å². The highest BCUT2D eigenvalue weighted by Crippen LogP contribution is 2.17.